The molecule has 0 bridgehead atoms. The maximum absolute atomic E-state index is 5.45. The van der Waals surface area contributed by atoms with Crippen LogP contribution in [0.25, 0.3) is 16.5 Å². The Hall–Kier alpha value is -1.74. The number of fused-ring (bicyclic) bond motifs is 1. The number of rotatable bonds is 2. The van der Waals surface area contributed by atoms with Gasteiger partial charge in [-0.1, -0.05) is 12.1 Å². The van der Waals surface area contributed by atoms with Gasteiger partial charge in [-0.15, -0.1) is 0 Å². The molecule has 1 aromatic heterocycles. The number of H-pyrrole nitrogens is 1. The molecule has 0 fully saturated rings. The SMILES string of the molecule is COc1cccc2[nH]cc(C3=CCNCC3)c12. The van der Waals surface area contributed by atoms with E-state index in [1.165, 1.54) is 16.5 Å². The molecule has 0 saturated carbocycles. The second kappa shape index (κ2) is 4.26. The lowest BCUT2D eigenvalue weighted by Gasteiger charge is -2.14. The number of nitrogens with one attached hydrogen (secondary N) is 2. The van der Waals surface area contributed by atoms with Gasteiger partial charge in [0.1, 0.15) is 5.75 Å². The summed E-state index contributed by atoms with van der Waals surface area (Å²) in [6, 6.07) is 6.11. The van der Waals surface area contributed by atoms with Crippen LogP contribution < -0.4 is 10.1 Å². The summed E-state index contributed by atoms with van der Waals surface area (Å²) < 4.78 is 5.45. The van der Waals surface area contributed by atoms with Crippen LogP contribution in [0.5, 0.6) is 5.75 Å². The summed E-state index contributed by atoms with van der Waals surface area (Å²) in [5, 5.41) is 4.53. The molecule has 0 saturated heterocycles. The molecule has 2 heterocycles. The number of aromatic amines is 1. The zero-order valence-electron chi connectivity index (χ0n) is 9.92. The van der Waals surface area contributed by atoms with Crippen molar-refractivity contribution in [2.75, 3.05) is 20.2 Å². The first-order valence-corrected chi connectivity index (χ1v) is 5.94. The Morgan fingerprint density at radius 3 is 3.00 bits per heavy atom. The van der Waals surface area contributed by atoms with Gasteiger partial charge in [-0.05, 0) is 30.7 Å². The molecule has 0 spiro atoms. The Balaban J connectivity index is 2.19. The molecule has 0 radical (unpaired) electrons. The first kappa shape index (κ1) is 10.4. The average Bonchev–Trinajstić information content (AvgIpc) is 2.83. The van der Waals surface area contributed by atoms with Gasteiger partial charge in [0.15, 0.2) is 0 Å². The molecule has 0 aliphatic carbocycles. The van der Waals surface area contributed by atoms with Gasteiger partial charge in [0.25, 0.3) is 0 Å². The zero-order valence-corrected chi connectivity index (χ0v) is 9.92. The molecule has 1 aromatic carbocycles. The number of aromatic nitrogens is 1. The predicted octanol–water partition coefficient (Wildman–Crippen LogP) is 2.55. The zero-order chi connectivity index (χ0) is 11.7. The normalized spacial score (nSPS) is 15.9. The van der Waals surface area contributed by atoms with Crippen LogP contribution in [0.1, 0.15) is 12.0 Å². The summed E-state index contributed by atoms with van der Waals surface area (Å²) in [7, 11) is 1.72. The highest BCUT2D eigenvalue weighted by atomic mass is 16.5. The molecule has 3 heteroatoms. The fraction of sp³-hybridized carbons (Fsp3) is 0.286. The maximum Gasteiger partial charge on any atom is 0.128 e. The molecule has 3 nitrogen and oxygen atoms in total. The van der Waals surface area contributed by atoms with Crippen LogP contribution in [0.3, 0.4) is 0 Å². The summed E-state index contributed by atoms with van der Waals surface area (Å²) in [4.78, 5) is 3.32. The molecule has 3 rings (SSSR count). The van der Waals surface area contributed by atoms with Crippen molar-refractivity contribution in [3.05, 3.63) is 36.0 Å². The van der Waals surface area contributed by atoms with Crippen molar-refractivity contribution >= 4 is 16.5 Å². The Kier molecular flexibility index (Phi) is 2.61. The summed E-state index contributed by atoms with van der Waals surface area (Å²) in [6.45, 7) is 2.00. The van der Waals surface area contributed by atoms with Crippen LogP contribution in [0, 0.1) is 0 Å². The monoisotopic (exact) mass is 228 g/mol. The van der Waals surface area contributed by atoms with Gasteiger partial charge < -0.3 is 15.0 Å². The quantitative estimate of drug-likeness (QED) is 0.829. The Bertz CT molecular complexity index is 569. The highest BCUT2D eigenvalue weighted by molar-refractivity contribution is 5.97. The molecule has 0 unspecified atom stereocenters. The molecule has 17 heavy (non-hydrogen) atoms. The van der Waals surface area contributed by atoms with E-state index >= 15 is 0 Å². The van der Waals surface area contributed by atoms with Gasteiger partial charge in [-0.25, -0.2) is 0 Å². The minimum absolute atomic E-state index is 0.943. The van der Waals surface area contributed by atoms with E-state index in [0.29, 0.717) is 0 Å². The Labute approximate surface area is 100 Å². The van der Waals surface area contributed by atoms with E-state index in [-0.39, 0.29) is 0 Å². The Morgan fingerprint density at radius 1 is 1.29 bits per heavy atom. The molecular formula is C14H16N2O. The van der Waals surface area contributed by atoms with Crippen molar-refractivity contribution in [3.63, 3.8) is 0 Å². The fourth-order valence-electron chi connectivity index (χ4n) is 2.44. The first-order chi connectivity index (χ1) is 8.40. The molecule has 1 aliphatic heterocycles. The third kappa shape index (κ3) is 1.72. The Morgan fingerprint density at radius 2 is 2.24 bits per heavy atom. The third-order valence-electron chi connectivity index (χ3n) is 3.30. The van der Waals surface area contributed by atoms with Crippen molar-refractivity contribution in [2.24, 2.45) is 0 Å². The summed E-state index contributed by atoms with van der Waals surface area (Å²) in [6.07, 6.45) is 5.42. The predicted molar refractivity (Wildman–Crippen MR) is 70.3 cm³/mol. The molecule has 2 aromatic rings. The van der Waals surface area contributed by atoms with Crippen LogP contribution in [0.15, 0.2) is 30.5 Å². The lowest BCUT2D eigenvalue weighted by molar-refractivity contribution is 0.420. The van der Waals surface area contributed by atoms with Gasteiger partial charge in [0.2, 0.25) is 0 Å². The summed E-state index contributed by atoms with van der Waals surface area (Å²) >= 11 is 0. The average molecular weight is 228 g/mol. The lowest BCUT2D eigenvalue weighted by Crippen LogP contribution is -2.19. The molecule has 1 aliphatic rings. The molecule has 0 atom stereocenters. The van der Waals surface area contributed by atoms with E-state index in [1.54, 1.807) is 7.11 Å². The van der Waals surface area contributed by atoms with Crippen molar-refractivity contribution in [1.29, 1.82) is 0 Å². The number of hydrogen-bond donors (Lipinski definition) is 2. The largest absolute Gasteiger partial charge is 0.496 e. The second-order valence-corrected chi connectivity index (χ2v) is 4.27. The fourth-order valence-corrected chi connectivity index (χ4v) is 2.44. The van der Waals surface area contributed by atoms with Gasteiger partial charge in [0, 0.05) is 29.2 Å². The second-order valence-electron chi connectivity index (χ2n) is 4.27. The highest BCUT2D eigenvalue weighted by Gasteiger charge is 2.13. The van der Waals surface area contributed by atoms with E-state index in [4.69, 9.17) is 4.74 Å². The number of ether oxygens (including phenoxy) is 1. The van der Waals surface area contributed by atoms with Crippen molar-refractivity contribution in [3.8, 4) is 5.75 Å². The van der Waals surface area contributed by atoms with Crippen LogP contribution in [-0.4, -0.2) is 25.2 Å². The topological polar surface area (TPSA) is 37.0 Å². The van der Waals surface area contributed by atoms with Crippen molar-refractivity contribution in [1.82, 2.24) is 10.3 Å². The maximum atomic E-state index is 5.45. The van der Waals surface area contributed by atoms with Crippen LogP contribution >= 0.6 is 0 Å². The van der Waals surface area contributed by atoms with E-state index < -0.39 is 0 Å². The lowest BCUT2D eigenvalue weighted by atomic mass is 9.99. The van der Waals surface area contributed by atoms with Crippen LogP contribution in [0.4, 0.5) is 0 Å². The van der Waals surface area contributed by atoms with E-state index in [0.717, 1.165) is 30.8 Å². The van der Waals surface area contributed by atoms with Gasteiger partial charge in [-0.2, -0.15) is 0 Å². The van der Waals surface area contributed by atoms with E-state index in [1.807, 2.05) is 12.1 Å². The molecule has 2 N–H and O–H groups in total. The standard InChI is InChI=1S/C14H16N2O/c1-17-13-4-2-3-12-14(13)11(9-16-12)10-5-7-15-8-6-10/h2-5,9,15-16H,6-8H2,1H3. The highest BCUT2D eigenvalue weighted by Crippen LogP contribution is 2.34. The minimum atomic E-state index is 0.943. The van der Waals surface area contributed by atoms with Gasteiger partial charge in [0.05, 0.1) is 7.11 Å². The third-order valence-corrected chi connectivity index (χ3v) is 3.30. The van der Waals surface area contributed by atoms with Gasteiger partial charge in [-0.3, -0.25) is 0 Å². The summed E-state index contributed by atoms with van der Waals surface area (Å²) in [5.41, 5.74) is 3.82. The van der Waals surface area contributed by atoms with Crippen LogP contribution in [0.2, 0.25) is 0 Å². The molecule has 88 valence electrons. The number of benzene rings is 1. The van der Waals surface area contributed by atoms with Gasteiger partial charge >= 0.3 is 0 Å². The smallest absolute Gasteiger partial charge is 0.128 e. The van der Waals surface area contributed by atoms with Crippen molar-refractivity contribution < 1.29 is 4.74 Å². The minimum Gasteiger partial charge on any atom is -0.496 e. The van der Waals surface area contributed by atoms with Crippen molar-refractivity contribution in [2.45, 2.75) is 6.42 Å². The molecular weight excluding hydrogens is 212 g/mol. The van der Waals surface area contributed by atoms with E-state index in [2.05, 4.69) is 28.6 Å². The first-order valence-electron chi connectivity index (χ1n) is 5.94. The summed E-state index contributed by atoms with van der Waals surface area (Å²) in [5.74, 6) is 0.943. The number of hydrogen-bond acceptors (Lipinski definition) is 2. The number of methoxy groups -OCH3 is 1. The van der Waals surface area contributed by atoms with E-state index in [9.17, 15) is 0 Å². The van der Waals surface area contributed by atoms with Crippen LogP contribution in [-0.2, 0) is 0 Å². The molecule has 0 amide bonds.